The molecule has 1 aliphatic heterocycles. The molecule has 5 nitrogen and oxygen atoms in total. The number of likely N-dealkylation sites (tertiary alicyclic amines) is 1. The van der Waals surface area contributed by atoms with Crippen LogP contribution in [0.25, 0.3) is 0 Å². The molecule has 1 aliphatic rings. The van der Waals surface area contributed by atoms with Crippen molar-refractivity contribution in [2.75, 3.05) is 26.2 Å². The van der Waals surface area contributed by atoms with Gasteiger partial charge in [0.2, 0.25) is 0 Å². The topological polar surface area (TPSA) is 56.8 Å². The maximum absolute atomic E-state index is 11.0. The van der Waals surface area contributed by atoms with E-state index in [0.29, 0.717) is 12.4 Å². The van der Waals surface area contributed by atoms with Gasteiger partial charge in [0.15, 0.2) is 5.75 Å². The highest BCUT2D eigenvalue weighted by atomic mass is 16.6. The number of quaternary nitrogens is 1. The van der Waals surface area contributed by atoms with Crippen molar-refractivity contribution in [3.63, 3.8) is 0 Å². The number of nitro benzene ring substituents is 1. The van der Waals surface area contributed by atoms with Crippen molar-refractivity contribution in [3.8, 4) is 5.75 Å². The third kappa shape index (κ3) is 4.70. The Bertz CT molecular complexity index is 509. The van der Waals surface area contributed by atoms with Gasteiger partial charge in [-0.15, -0.1) is 0 Å². The van der Waals surface area contributed by atoms with Crippen LogP contribution >= 0.6 is 0 Å². The van der Waals surface area contributed by atoms with Crippen molar-refractivity contribution in [3.05, 3.63) is 33.9 Å². The first-order valence-electron chi connectivity index (χ1n) is 8.17. The maximum atomic E-state index is 11.0. The summed E-state index contributed by atoms with van der Waals surface area (Å²) in [4.78, 5) is 12.3. The lowest BCUT2D eigenvalue weighted by Crippen LogP contribution is -3.14. The van der Waals surface area contributed by atoms with Crippen molar-refractivity contribution in [1.29, 1.82) is 0 Å². The van der Waals surface area contributed by atoms with E-state index < -0.39 is 0 Å². The minimum atomic E-state index is -0.373. The number of hydrogen-bond donors (Lipinski definition) is 1. The number of nitrogens with zero attached hydrogens (tertiary/aromatic N) is 1. The lowest BCUT2D eigenvalue weighted by Gasteiger charge is -2.31. The van der Waals surface area contributed by atoms with Crippen molar-refractivity contribution in [1.82, 2.24) is 0 Å². The van der Waals surface area contributed by atoms with Crippen molar-refractivity contribution in [2.45, 2.75) is 33.6 Å². The SMILES string of the molecule is Cc1ccc(OCCC[NH+]2C[C@H](C)C[C@@H](C)C2)c([N+](=O)[O-])c1. The van der Waals surface area contributed by atoms with E-state index in [9.17, 15) is 10.1 Å². The van der Waals surface area contributed by atoms with Gasteiger partial charge in [-0.1, -0.05) is 19.9 Å². The summed E-state index contributed by atoms with van der Waals surface area (Å²) >= 11 is 0. The predicted octanol–water partition coefficient (Wildman–Crippen LogP) is 2.23. The Kier molecular flexibility index (Phi) is 5.77. The van der Waals surface area contributed by atoms with Crippen LogP contribution in [-0.4, -0.2) is 31.2 Å². The Hall–Kier alpha value is -1.62. The van der Waals surface area contributed by atoms with E-state index in [1.54, 1.807) is 17.0 Å². The molecule has 122 valence electrons. The van der Waals surface area contributed by atoms with Crippen LogP contribution in [0, 0.1) is 28.9 Å². The van der Waals surface area contributed by atoms with Gasteiger partial charge in [-0.3, -0.25) is 10.1 Å². The molecule has 2 atom stereocenters. The number of nitro groups is 1. The fourth-order valence-electron chi connectivity index (χ4n) is 3.52. The third-order valence-electron chi connectivity index (χ3n) is 4.32. The maximum Gasteiger partial charge on any atom is 0.311 e. The second kappa shape index (κ2) is 7.58. The van der Waals surface area contributed by atoms with Crippen LogP contribution < -0.4 is 9.64 Å². The molecule has 5 heteroatoms. The fraction of sp³-hybridized carbons (Fsp3) is 0.647. The summed E-state index contributed by atoms with van der Waals surface area (Å²) in [6.07, 6.45) is 2.26. The molecule has 1 saturated heterocycles. The monoisotopic (exact) mass is 307 g/mol. The van der Waals surface area contributed by atoms with E-state index in [1.807, 2.05) is 13.0 Å². The minimum absolute atomic E-state index is 0.0626. The van der Waals surface area contributed by atoms with Gasteiger partial charge in [-0.05, 0) is 25.0 Å². The zero-order chi connectivity index (χ0) is 16.1. The molecule has 0 aromatic heterocycles. The Morgan fingerprint density at radius 3 is 2.64 bits per heavy atom. The number of piperidine rings is 1. The molecule has 1 N–H and O–H groups in total. The van der Waals surface area contributed by atoms with Crippen LogP contribution in [0.1, 0.15) is 32.3 Å². The van der Waals surface area contributed by atoms with Crippen LogP contribution in [0.15, 0.2) is 18.2 Å². The second-order valence-corrected chi connectivity index (χ2v) is 6.78. The Morgan fingerprint density at radius 2 is 2.00 bits per heavy atom. The molecule has 0 amide bonds. The molecule has 2 rings (SSSR count). The molecule has 0 bridgehead atoms. The van der Waals surface area contributed by atoms with Gasteiger partial charge in [0, 0.05) is 24.3 Å². The number of nitrogens with one attached hydrogen (secondary N) is 1. The molecule has 0 aliphatic carbocycles. The first kappa shape index (κ1) is 16.7. The number of benzene rings is 1. The molecule has 1 aromatic carbocycles. The Balaban J connectivity index is 1.80. The van der Waals surface area contributed by atoms with Crippen LogP contribution in [0.3, 0.4) is 0 Å². The average molecular weight is 307 g/mol. The van der Waals surface area contributed by atoms with Crippen LogP contribution in [-0.2, 0) is 0 Å². The smallest absolute Gasteiger partial charge is 0.311 e. The summed E-state index contributed by atoms with van der Waals surface area (Å²) in [5.74, 6) is 1.96. The summed E-state index contributed by atoms with van der Waals surface area (Å²) < 4.78 is 5.64. The molecule has 0 saturated carbocycles. The van der Waals surface area contributed by atoms with Crippen molar-refractivity contribution in [2.24, 2.45) is 11.8 Å². The first-order chi connectivity index (χ1) is 10.5. The highest BCUT2D eigenvalue weighted by Crippen LogP contribution is 2.27. The molecule has 1 aromatic rings. The van der Waals surface area contributed by atoms with E-state index in [0.717, 1.165) is 30.4 Å². The summed E-state index contributed by atoms with van der Waals surface area (Å²) in [7, 11) is 0. The summed E-state index contributed by atoms with van der Waals surface area (Å²) in [5, 5.41) is 11.0. The number of hydrogen-bond acceptors (Lipinski definition) is 3. The van der Waals surface area contributed by atoms with E-state index in [1.165, 1.54) is 19.5 Å². The van der Waals surface area contributed by atoms with Crippen LogP contribution in [0.4, 0.5) is 5.69 Å². The number of rotatable bonds is 6. The summed E-state index contributed by atoms with van der Waals surface area (Å²) in [6.45, 7) is 10.6. The largest absolute Gasteiger partial charge is 0.487 e. The molecule has 0 radical (unpaired) electrons. The summed E-state index contributed by atoms with van der Waals surface area (Å²) in [6, 6.07) is 5.11. The summed E-state index contributed by atoms with van der Waals surface area (Å²) in [5.41, 5.74) is 0.937. The van der Waals surface area contributed by atoms with Gasteiger partial charge < -0.3 is 9.64 Å². The van der Waals surface area contributed by atoms with Crippen LogP contribution in [0.5, 0.6) is 5.75 Å². The van der Waals surface area contributed by atoms with E-state index >= 15 is 0 Å². The van der Waals surface area contributed by atoms with Crippen molar-refractivity contribution >= 4 is 5.69 Å². The van der Waals surface area contributed by atoms with Gasteiger partial charge in [0.1, 0.15) is 0 Å². The van der Waals surface area contributed by atoms with Gasteiger partial charge in [-0.25, -0.2) is 0 Å². The molecular formula is C17H27N2O3+. The lowest BCUT2D eigenvalue weighted by molar-refractivity contribution is -0.912. The third-order valence-corrected chi connectivity index (χ3v) is 4.32. The van der Waals surface area contributed by atoms with Gasteiger partial charge in [0.05, 0.1) is 31.2 Å². The zero-order valence-electron chi connectivity index (χ0n) is 13.8. The van der Waals surface area contributed by atoms with Crippen molar-refractivity contribution < 1.29 is 14.6 Å². The number of ether oxygens (including phenoxy) is 1. The second-order valence-electron chi connectivity index (χ2n) is 6.78. The molecule has 0 unspecified atom stereocenters. The molecular weight excluding hydrogens is 280 g/mol. The fourth-order valence-corrected chi connectivity index (χ4v) is 3.52. The molecule has 1 heterocycles. The van der Waals surface area contributed by atoms with Gasteiger partial charge in [0.25, 0.3) is 0 Å². The lowest BCUT2D eigenvalue weighted by atomic mass is 9.92. The number of aryl methyl sites for hydroxylation is 1. The Morgan fingerprint density at radius 1 is 1.32 bits per heavy atom. The standard InChI is InChI=1S/C17H26N2O3/c1-13-5-6-17(16(10-13)19(20)21)22-8-4-7-18-11-14(2)9-15(3)12-18/h5-6,10,14-15H,4,7-9,11-12H2,1-3H3/p+1/t14-,15-/m1/s1. The highest BCUT2D eigenvalue weighted by molar-refractivity contribution is 5.48. The minimum Gasteiger partial charge on any atom is -0.487 e. The Labute approximate surface area is 132 Å². The molecule has 1 fully saturated rings. The molecule has 22 heavy (non-hydrogen) atoms. The average Bonchev–Trinajstić information content (AvgIpc) is 2.43. The highest BCUT2D eigenvalue weighted by Gasteiger charge is 2.24. The van der Waals surface area contributed by atoms with E-state index in [2.05, 4.69) is 13.8 Å². The van der Waals surface area contributed by atoms with Gasteiger partial charge >= 0.3 is 5.69 Å². The van der Waals surface area contributed by atoms with Crippen LogP contribution in [0.2, 0.25) is 0 Å². The van der Waals surface area contributed by atoms with E-state index in [-0.39, 0.29) is 10.6 Å². The zero-order valence-corrected chi connectivity index (χ0v) is 13.8. The molecule has 0 spiro atoms. The first-order valence-corrected chi connectivity index (χ1v) is 8.17. The van der Waals surface area contributed by atoms with E-state index in [4.69, 9.17) is 4.74 Å². The normalized spacial score (nSPS) is 25.0. The van der Waals surface area contributed by atoms with Gasteiger partial charge in [-0.2, -0.15) is 0 Å². The quantitative estimate of drug-likeness (QED) is 0.498. The predicted molar refractivity (Wildman–Crippen MR) is 86.5 cm³/mol.